The van der Waals surface area contributed by atoms with Crippen LogP contribution in [0.3, 0.4) is 0 Å². The van der Waals surface area contributed by atoms with Crippen molar-refractivity contribution in [2.75, 3.05) is 31.7 Å². The lowest BCUT2D eigenvalue weighted by Gasteiger charge is -2.32. The lowest BCUT2D eigenvalue weighted by Crippen LogP contribution is -2.34. The Morgan fingerprint density at radius 3 is 2.22 bits per heavy atom. The minimum absolute atomic E-state index is 0.0483. The van der Waals surface area contributed by atoms with E-state index in [0.717, 1.165) is 41.7 Å². The van der Waals surface area contributed by atoms with E-state index in [4.69, 9.17) is 4.74 Å². The third-order valence-corrected chi connectivity index (χ3v) is 9.86. The smallest absolute Gasteiger partial charge is 0.261 e. The molecule has 9 heteroatoms. The fourth-order valence-corrected chi connectivity index (χ4v) is 7.00. The zero-order chi connectivity index (χ0) is 25.9. The Bertz CT molecular complexity index is 1420. The number of nitrogens with one attached hydrogen (secondary N) is 1. The maximum Gasteiger partial charge on any atom is 0.261 e. The van der Waals surface area contributed by atoms with E-state index >= 15 is 0 Å². The molecule has 1 N–H and O–H groups in total. The molecule has 1 unspecified atom stereocenters. The summed E-state index contributed by atoms with van der Waals surface area (Å²) >= 11 is 0. The Labute approximate surface area is 214 Å². The van der Waals surface area contributed by atoms with Crippen LogP contribution >= 0.6 is 0 Å². The molecule has 1 aliphatic carbocycles. The topological polar surface area (TPSA) is 92.8 Å². The van der Waals surface area contributed by atoms with E-state index in [2.05, 4.69) is 23.7 Å². The average Bonchev–Trinajstić information content (AvgIpc) is 2.88. The van der Waals surface area contributed by atoms with Gasteiger partial charge in [0.2, 0.25) is 0 Å². The van der Waals surface area contributed by atoms with Gasteiger partial charge < -0.3 is 9.64 Å². The highest BCUT2D eigenvalue weighted by molar-refractivity contribution is 7.92. The van der Waals surface area contributed by atoms with Gasteiger partial charge in [-0.15, -0.1) is 0 Å². The first-order valence-electron chi connectivity index (χ1n) is 11.9. The van der Waals surface area contributed by atoms with E-state index in [1.165, 1.54) is 12.1 Å². The Kier molecular flexibility index (Phi) is 7.73. The van der Waals surface area contributed by atoms with E-state index in [-0.39, 0.29) is 15.5 Å². The second-order valence-corrected chi connectivity index (χ2v) is 13.1. The van der Waals surface area contributed by atoms with Gasteiger partial charge in [0.25, 0.3) is 10.0 Å². The minimum Gasteiger partial charge on any atom is -0.496 e. The first-order valence-corrected chi connectivity index (χ1v) is 15.0. The molecule has 0 heterocycles. The number of aryl methyl sites for hydroxylation is 1. The molecule has 0 spiro atoms. The fraction of sp³-hybridized carbons (Fsp3) is 0.333. The van der Waals surface area contributed by atoms with Crippen molar-refractivity contribution in [3.05, 3.63) is 83.4 Å². The third kappa shape index (κ3) is 5.74. The fourth-order valence-electron chi connectivity index (χ4n) is 4.59. The van der Waals surface area contributed by atoms with Crippen LogP contribution in [0.25, 0.3) is 0 Å². The van der Waals surface area contributed by atoms with Gasteiger partial charge in [0.1, 0.15) is 5.75 Å². The van der Waals surface area contributed by atoms with Gasteiger partial charge in [-0.05, 0) is 87.3 Å². The van der Waals surface area contributed by atoms with Crippen LogP contribution in [0, 0.1) is 0 Å². The molecular formula is C27H32N2O5S2. The molecule has 3 aromatic rings. The Hall–Kier alpha value is -2.88. The van der Waals surface area contributed by atoms with E-state index in [1.54, 1.807) is 55.6 Å². The molecule has 4 rings (SSSR count). The number of hydrogen-bond donors (Lipinski definition) is 1. The van der Waals surface area contributed by atoms with E-state index in [1.807, 2.05) is 6.07 Å². The number of hydrogen-bond acceptors (Lipinski definition) is 6. The molecule has 0 fully saturated rings. The van der Waals surface area contributed by atoms with Crippen molar-refractivity contribution >= 4 is 25.5 Å². The number of fused-ring (bicyclic) bond motifs is 1. The summed E-state index contributed by atoms with van der Waals surface area (Å²) in [5.41, 5.74) is 3.34. The number of likely N-dealkylation sites (N-methyl/N-ethyl adjacent to an activating group) is 1. The zero-order valence-electron chi connectivity index (χ0n) is 20.8. The Balaban J connectivity index is 1.50. The summed E-state index contributed by atoms with van der Waals surface area (Å²) in [6.07, 6.45) is 2.77. The van der Waals surface area contributed by atoms with Gasteiger partial charge in [0, 0.05) is 11.6 Å². The summed E-state index contributed by atoms with van der Waals surface area (Å²) in [4.78, 5) is 2.60. The molecule has 0 bridgehead atoms. The second kappa shape index (κ2) is 10.6. The average molecular weight is 529 g/mol. The molecule has 7 nitrogen and oxygen atoms in total. The molecule has 1 atom stereocenters. The quantitative estimate of drug-likeness (QED) is 0.452. The van der Waals surface area contributed by atoms with Gasteiger partial charge in [-0.2, -0.15) is 0 Å². The van der Waals surface area contributed by atoms with Gasteiger partial charge in [-0.25, -0.2) is 16.8 Å². The van der Waals surface area contributed by atoms with Crippen molar-refractivity contribution in [2.24, 2.45) is 0 Å². The summed E-state index contributed by atoms with van der Waals surface area (Å²) < 4.78 is 59.8. The van der Waals surface area contributed by atoms with Gasteiger partial charge >= 0.3 is 0 Å². The number of ether oxygens (including phenoxy) is 1. The van der Waals surface area contributed by atoms with Crippen LogP contribution in [-0.2, 0) is 39.1 Å². The number of rotatable bonds is 9. The van der Waals surface area contributed by atoms with Crippen molar-refractivity contribution in [1.29, 1.82) is 0 Å². The number of anilines is 1. The summed E-state index contributed by atoms with van der Waals surface area (Å²) in [6, 6.07) is 18.6. The van der Waals surface area contributed by atoms with E-state index in [9.17, 15) is 16.8 Å². The second-order valence-electron chi connectivity index (χ2n) is 9.26. The molecule has 3 aromatic carbocycles. The summed E-state index contributed by atoms with van der Waals surface area (Å²) in [5.74, 6) is 0.724. The van der Waals surface area contributed by atoms with Gasteiger partial charge in [-0.1, -0.05) is 30.3 Å². The number of methoxy groups -OCH3 is 1. The first-order chi connectivity index (χ1) is 17.1. The molecule has 0 radical (unpaired) electrons. The molecule has 0 saturated heterocycles. The predicted molar refractivity (Wildman–Crippen MR) is 142 cm³/mol. The zero-order valence-corrected chi connectivity index (χ0v) is 22.4. The van der Waals surface area contributed by atoms with Crippen LogP contribution in [0.4, 0.5) is 5.69 Å². The van der Waals surface area contributed by atoms with E-state index in [0.29, 0.717) is 18.2 Å². The lowest BCUT2D eigenvalue weighted by atomic mass is 9.86. The molecule has 0 aliphatic heterocycles. The normalized spacial score (nSPS) is 15.9. The van der Waals surface area contributed by atoms with Crippen LogP contribution in [0.1, 0.15) is 23.1 Å². The van der Waals surface area contributed by atoms with Crippen molar-refractivity contribution in [2.45, 2.75) is 41.5 Å². The van der Waals surface area contributed by atoms with Crippen LogP contribution in [-0.4, -0.2) is 54.7 Å². The number of sulfone groups is 1. The highest BCUT2D eigenvalue weighted by Gasteiger charge is 2.27. The summed E-state index contributed by atoms with van der Waals surface area (Å²) in [7, 11) is -1.49. The van der Waals surface area contributed by atoms with Crippen LogP contribution in [0.2, 0.25) is 0 Å². The van der Waals surface area contributed by atoms with Gasteiger partial charge in [0.05, 0.1) is 28.3 Å². The Morgan fingerprint density at radius 1 is 0.889 bits per heavy atom. The van der Waals surface area contributed by atoms with Crippen molar-refractivity contribution in [3.63, 3.8) is 0 Å². The summed E-state index contributed by atoms with van der Waals surface area (Å²) in [6.45, 7) is 0. The first kappa shape index (κ1) is 26.2. The lowest BCUT2D eigenvalue weighted by molar-refractivity contribution is 0.265. The highest BCUT2D eigenvalue weighted by Crippen LogP contribution is 2.36. The predicted octanol–water partition coefficient (Wildman–Crippen LogP) is 3.93. The molecule has 36 heavy (non-hydrogen) atoms. The molecule has 192 valence electrons. The summed E-state index contributed by atoms with van der Waals surface area (Å²) in [5, 5.41) is 0. The number of sulfonamides is 1. The molecule has 1 aliphatic rings. The largest absolute Gasteiger partial charge is 0.496 e. The molecule has 0 aromatic heterocycles. The number of benzene rings is 3. The van der Waals surface area contributed by atoms with Crippen LogP contribution < -0.4 is 9.46 Å². The monoisotopic (exact) mass is 528 g/mol. The Morgan fingerprint density at radius 2 is 1.58 bits per heavy atom. The molecular weight excluding hydrogens is 496 g/mol. The number of nitrogens with zero attached hydrogens (tertiary/aromatic N) is 1. The standard InChI is InChI=1S/C27H32N2O5S2/c1-29(2)21-11-14-24-25(19-21)27(34-3)16-15-26(24)28-36(32,33)23-12-9-20(10-13-23)17-18-35(30,31)22-7-5-4-6-8-22/h4-10,12-13,15-16,21,28H,11,14,17-19H2,1-3H3. The molecule has 0 saturated carbocycles. The van der Waals surface area contributed by atoms with Crippen molar-refractivity contribution in [1.82, 2.24) is 4.90 Å². The van der Waals surface area contributed by atoms with Crippen molar-refractivity contribution in [3.8, 4) is 5.75 Å². The van der Waals surface area contributed by atoms with Crippen LogP contribution in [0.15, 0.2) is 76.5 Å². The van der Waals surface area contributed by atoms with Gasteiger partial charge in [0.15, 0.2) is 9.84 Å². The van der Waals surface area contributed by atoms with Crippen LogP contribution in [0.5, 0.6) is 5.75 Å². The molecule has 0 amide bonds. The van der Waals surface area contributed by atoms with E-state index < -0.39 is 19.9 Å². The highest BCUT2D eigenvalue weighted by atomic mass is 32.2. The maximum absolute atomic E-state index is 13.2. The van der Waals surface area contributed by atoms with Crippen molar-refractivity contribution < 1.29 is 21.6 Å². The van der Waals surface area contributed by atoms with Gasteiger partial charge in [-0.3, -0.25) is 4.72 Å². The third-order valence-electron chi connectivity index (χ3n) is 6.75. The maximum atomic E-state index is 13.2. The minimum atomic E-state index is -3.82. The SMILES string of the molecule is COc1ccc(NS(=O)(=O)c2ccc(CCS(=O)(=O)c3ccccc3)cc2)c2c1CC(N(C)C)CC2.